The van der Waals surface area contributed by atoms with Crippen molar-refractivity contribution >= 4 is 17.3 Å². The molecule has 1 N–H and O–H groups in total. The van der Waals surface area contributed by atoms with Crippen LogP contribution in [0.3, 0.4) is 0 Å². The quantitative estimate of drug-likeness (QED) is 0.513. The fourth-order valence-electron chi connectivity index (χ4n) is 1.64. The molecule has 0 aliphatic rings. The van der Waals surface area contributed by atoms with Gasteiger partial charge in [0.2, 0.25) is 0 Å². The average molecular weight is 283 g/mol. The molecule has 0 saturated heterocycles. The van der Waals surface area contributed by atoms with Gasteiger partial charge >= 0.3 is 5.97 Å². The third-order valence-corrected chi connectivity index (χ3v) is 2.79. The lowest BCUT2D eigenvalue weighted by atomic mass is 10.2. The topological polar surface area (TPSA) is 47.6 Å². The van der Waals surface area contributed by atoms with E-state index in [9.17, 15) is 4.79 Å². The number of benzene rings is 2. The maximum absolute atomic E-state index is 11.4. The van der Waals surface area contributed by atoms with Crippen LogP contribution in [0.25, 0.3) is 0 Å². The summed E-state index contributed by atoms with van der Waals surface area (Å²) in [6.45, 7) is 5.15. The molecule has 0 aliphatic carbocycles. The first kappa shape index (κ1) is 14.7. The van der Waals surface area contributed by atoms with Crippen LogP contribution < -0.4 is 14.8 Å². The minimum Gasteiger partial charge on any atom is -0.497 e. The Labute approximate surface area is 124 Å². The molecule has 0 bridgehead atoms. The molecule has 4 nitrogen and oxygen atoms in total. The first-order chi connectivity index (χ1) is 10.1. The molecule has 0 aromatic heterocycles. The first-order valence-electron chi connectivity index (χ1n) is 6.47. The van der Waals surface area contributed by atoms with E-state index in [1.54, 1.807) is 26.2 Å². The van der Waals surface area contributed by atoms with E-state index in [1.165, 1.54) is 0 Å². The van der Waals surface area contributed by atoms with Crippen molar-refractivity contribution in [2.45, 2.75) is 6.92 Å². The van der Waals surface area contributed by atoms with Gasteiger partial charge in [0, 0.05) is 16.9 Å². The monoisotopic (exact) mass is 283 g/mol. The summed E-state index contributed by atoms with van der Waals surface area (Å²) in [5, 5.41) is 3.24. The summed E-state index contributed by atoms with van der Waals surface area (Å²) < 4.78 is 10.2. The number of ether oxygens (including phenoxy) is 2. The number of carbonyl (C=O) groups excluding carboxylic acids is 1. The highest BCUT2D eigenvalue weighted by atomic mass is 16.5. The molecule has 0 amide bonds. The highest BCUT2D eigenvalue weighted by molar-refractivity contribution is 5.88. The summed E-state index contributed by atoms with van der Waals surface area (Å²) >= 11 is 0. The Morgan fingerprint density at radius 1 is 0.952 bits per heavy atom. The van der Waals surface area contributed by atoms with Crippen LogP contribution in [0.15, 0.2) is 60.7 Å². The van der Waals surface area contributed by atoms with E-state index >= 15 is 0 Å². The number of methoxy groups -OCH3 is 1. The molecule has 0 unspecified atom stereocenters. The van der Waals surface area contributed by atoms with E-state index in [2.05, 4.69) is 11.9 Å². The zero-order valence-electron chi connectivity index (χ0n) is 12.1. The van der Waals surface area contributed by atoms with Gasteiger partial charge in [-0.25, -0.2) is 4.79 Å². The van der Waals surface area contributed by atoms with Crippen molar-refractivity contribution in [2.24, 2.45) is 0 Å². The van der Waals surface area contributed by atoms with Gasteiger partial charge in [-0.05, 0) is 55.5 Å². The molecule has 0 radical (unpaired) electrons. The Morgan fingerprint density at radius 2 is 1.43 bits per heavy atom. The molecule has 0 aliphatic heterocycles. The van der Waals surface area contributed by atoms with Crippen LogP contribution in [-0.4, -0.2) is 13.1 Å². The second-order valence-electron chi connectivity index (χ2n) is 4.55. The minimum absolute atomic E-state index is 0.371. The van der Waals surface area contributed by atoms with Crippen molar-refractivity contribution in [3.05, 3.63) is 60.7 Å². The van der Waals surface area contributed by atoms with E-state index in [0.29, 0.717) is 11.3 Å². The van der Waals surface area contributed by atoms with Gasteiger partial charge in [0.1, 0.15) is 11.5 Å². The van der Waals surface area contributed by atoms with Gasteiger partial charge < -0.3 is 14.8 Å². The van der Waals surface area contributed by atoms with E-state index in [1.807, 2.05) is 36.4 Å². The number of hydrogen-bond acceptors (Lipinski definition) is 4. The maximum atomic E-state index is 11.4. The second kappa shape index (κ2) is 6.61. The lowest BCUT2D eigenvalue weighted by Crippen LogP contribution is -2.07. The van der Waals surface area contributed by atoms with Crippen LogP contribution >= 0.6 is 0 Å². The normalized spacial score (nSPS) is 9.81. The molecule has 21 heavy (non-hydrogen) atoms. The number of rotatable bonds is 5. The van der Waals surface area contributed by atoms with Crippen molar-refractivity contribution in [3.8, 4) is 11.5 Å². The molecule has 0 heterocycles. The van der Waals surface area contributed by atoms with Crippen molar-refractivity contribution in [3.63, 3.8) is 0 Å². The highest BCUT2D eigenvalue weighted by Crippen LogP contribution is 2.22. The van der Waals surface area contributed by atoms with Crippen LogP contribution in [0.2, 0.25) is 0 Å². The number of nitrogens with one attached hydrogen (secondary N) is 1. The van der Waals surface area contributed by atoms with Gasteiger partial charge in [0.15, 0.2) is 0 Å². The lowest BCUT2D eigenvalue weighted by molar-refractivity contribution is -0.130. The van der Waals surface area contributed by atoms with Gasteiger partial charge in [-0.1, -0.05) is 6.58 Å². The van der Waals surface area contributed by atoms with Crippen LogP contribution in [0.5, 0.6) is 11.5 Å². The zero-order valence-corrected chi connectivity index (χ0v) is 12.1. The average Bonchev–Trinajstić information content (AvgIpc) is 2.50. The molecular weight excluding hydrogens is 266 g/mol. The van der Waals surface area contributed by atoms with E-state index < -0.39 is 5.97 Å². The Balaban J connectivity index is 2.01. The third-order valence-electron chi connectivity index (χ3n) is 2.79. The van der Waals surface area contributed by atoms with E-state index in [4.69, 9.17) is 9.47 Å². The largest absolute Gasteiger partial charge is 0.497 e. The lowest BCUT2D eigenvalue weighted by Gasteiger charge is -2.08. The van der Waals surface area contributed by atoms with Crippen molar-refractivity contribution in [1.29, 1.82) is 0 Å². The van der Waals surface area contributed by atoms with Crippen molar-refractivity contribution in [1.82, 2.24) is 0 Å². The summed E-state index contributed by atoms with van der Waals surface area (Å²) in [5.41, 5.74) is 2.22. The molecule has 2 rings (SSSR count). The maximum Gasteiger partial charge on any atom is 0.338 e. The summed E-state index contributed by atoms with van der Waals surface area (Å²) in [4.78, 5) is 11.4. The number of carbonyl (C=O) groups is 1. The molecule has 0 spiro atoms. The van der Waals surface area contributed by atoms with Gasteiger partial charge in [0.05, 0.1) is 7.11 Å². The third kappa shape index (κ3) is 4.11. The minimum atomic E-state index is -0.425. The SMILES string of the molecule is C=C(C)C(=O)Oc1ccc(Nc2ccc(OC)cc2)cc1. The number of anilines is 2. The molecule has 0 saturated carbocycles. The van der Waals surface area contributed by atoms with Gasteiger partial charge in [-0.3, -0.25) is 0 Å². The predicted octanol–water partition coefficient (Wildman–Crippen LogP) is 3.92. The summed E-state index contributed by atoms with van der Waals surface area (Å²) in [6, 6.07) is 14.7. The fraction of sp³-hybridized carbons (Fsp3) is 0.118. The Hall–Kier alpha value is -2.75. The molecular formula is C17H17NO3. The Morgan fingerprint density at radius 3 is 1.86 bits per heavy atom. The molecule has 0 fully saturated rings. The fourth-order valence-corrected chi connectivity index (χ4v) is 1.64. The molecule has 4 heteroatoms. The standard InChI is InChI=1S/C17H17NO3/c1-12(2)17(19)21-16-10-6-14(7-11-16)18-13-4-8-15(20-3)9-5-13/h4-11,18H,1H2,2-3H3. The number of hydrogen-bond donors (Lipinski definition) is 1. The molecule has 2 aromatic carbocycles. The predicted molar refractivity (Wildman–Crippen MR) is 83.2 cm³/mol. The zero-order chi connectivity index (χ0) is 15.2. The number of esters is 1. The Bertz CT molecular complexity index is 630. The van der Waals surface area contributed by atoms with Crippen LogP contribution in [0.1, 0.15) is 6.92 Å². The summed E-state index contributed by atoms with van der Waals surface area (Å²) in [7, 11) is 1.63. The van der Waals surface area contributed by atoms with Crippen LogP contribution in [0.4, 0.5) is 11.4 Å². The summed E-state index contributed by atoms with van der Waals surface area (Å²) in [5.74, 6) is 0.872. The molecule has 2 aromatic rings. The van der Waals surface area contributed by atoms with Gasteiger partial charge in [-0.15, -0.1) is 0 Å². The smallest absolute Gasteiger partial charge is 0.338 e. The highest BCUT2D eigenvalue weighted by Gasteiger charge is 2.05. The first-order valence-corrected chi connectivity index (χ1v) is 6.47. The van der Waals surface area contributed by atoms with Crippen molar-refractivity contribution < 1.29 is 14.3 Å². The van der Waals surface area contributed by atoms with E-state index in [-0.39, 0.29) is 0 Å². The van der Waals surface area contributed by atoms with Crippen molar-refractivity contribution in [2.75, 3.05) is 12.4 Å². The van der Waals surface area contributed by atoms with Crippen LogP contribution in [-0.2, 0) is 4.79 Å². The van der Waals surface area contributed by atoms with Crippen LogP contribution in [0, 0.1) is 0 Å². The molecule has 0 atom stereocenters. The van der Waals surface area contributed by atoms with Gasteiger partial charge in [-0.2, -0.15) is 0 Å². The summed E-state index contributed by atoms with van der Waals surface area (Å²) in [6.07, 6.45) is 0. The Kier molecular flexibility index (Phi) is 4.61. The van der Waals surface area contributed by atoms with E-state index in [0.717, 1.165) is 17.1 Å². The molecule has 108 valence electrons. The second-order valence-corrected chi connectivity index (χ2v) is 4.55. The van der Waals surface area contributed by atoms with Gasteiger partial charge in [0.25, 0.3) is 0 Å².